The molecule has 10 heteroatoms. The van der Waals surface area contributed by atoms with E-state index in [0.29, 0.717) is 0 Å². The predicted octanol–water partition coefficient (Wildman–Crippen LogP) is -3.58. The van der Waals surface area contributed by atoms with Gasteiger partial charge in [0.1, 0.15) is 37.0 Å². The molecule has 10 nitrogen and oxygen atoms in total. The van der Waals surface area contributed by atoms with E-state index in [2.05, 4.69) is 9.47 Å². The molecule has 6 atom stereocenters. The minimum Gasteiger partial charge on any atom is -0.462 e. The van der Waals surface area contributed by atoms with Gasteiger partial charge < -0.3 is 36.3 Å². The highest BCUT2D eigenvalue weighted by molar-refractivity contribution is 5.77. The van der Waals surface area contributed by atoms with Gasteiger partial charge in [0, 0.05) is 2.74 Å². The molecule has 0 amide bonds. The van der Waals surface area contributed by atoms with E-state index in [-0.39, 0.29) is 6.29 Å². The van der Waals surface area contributed by atoms with E-state index < -0.39 is 68.8 Å². The zero-order chi connectivity index (χ0) is 18.9. The van der Waals surface area contributed by atoms with Crippen molar-refractivity contribution >= 4 is 18.2 Å². The van der Waals surface area contributed by atoms with Gasteiger partial charge in [-0.25, -0.2) is 0 Å². The van der Waals surface area contributed by atoms with E-state index in [1.807, 2.05) is 0 Å². The third kappa shape index (κ3) is 6.45. The molecule has 0 aliphatic rings. The fourth-order valence-electron chi connectivity index (χ4n) is 1.19. The van der Waals surface area contributed by atoms with Gasteiger partial charge in [-0.05, 0) is 13.8 Å². The lowest BCUT2D eigenvalue weighted by molar-refractivity contribution is -0.171. The number of nitrogens with two attached hydrogens (primary N) is 2. The lowest BCUT2D eigenvalue weighted by Gasteiger charge is -2.26. The SMILES string of the molecule is [2H]C[C@H](N)C(=O)OC[C@@H](O)[C@@H](O)[C@H](O)[C@H](C=O)OC(=O)[C@@H](N)C[2H]. The normalized spacial score (nSPS) is 20.4. The van der Waals surface area contributed by atoms with Crippen molar-refractivity contribution in [2.45, 2.75) is 50.3 Å². The zero-order valence-corrected chi connectivity index (χ0v) is 11.7. The molecule has 22 heavy (non-hydrogen) atoms. The van der Waals surface area contributed by atoms with Crippen LogP contribution in [0.1, 0.15) is 16.5 Å². The van der Waals surface area contributed by atoms with Gasteiger partial charge in [-0.2, -0.15) is 0 Å². The molecule has 0 unspecified atom stereocenters. The van der Waals surface area contributed by atoms with Crippen molar-refractivity contribution in [2.75, 3.05) is 6.61 Å². The Hall–Kier alpha value is -1.59. The minimum absolute atomic E-state index is 0.0111. The van der Waals surface area contributed by atoms with E-state index in [9.17, 15) is 29.7 Å². The van der Waals surface area contributed by atoms with Crippen molar-refractivity contribution in [1.82, 2.24) is 0 Å². The summed E-state index contributed by atoms with van der Waals surface area (Å²) in [6, 6.07) is -2.57. The standard InChI is InChI=1S/C12H22N2O8/c1-5(13)11(19)21-4-7(16)9(17)10(18)8(3-15)22-12(20)6(2)14/h3,5-10,16-18H,4,13-14H2,1-2H3/t5-,6-,7+,8-,9+,10+/m0/s1/i1D,2D. The van der Waals surface area contributed by atoms with Crippen molar-refractivity contribution in [1.29, 1.82) is 0 Å². The molecule has 7 N–H and O–H groups in total. The van der Waals surface area contributed by atoms with E-state index >= 15 is 0 Å². The third-order valence-electron chi connectivity index (χ3n) is 2.47. The Kier molecular flexibility index (Phi) is 7.19. The molecule has 0 fully saturated rings. The highest BCUT2D eigenvalue weighted by Gasteiger charge is 2.34. The van der Waals surface area contributed by atoms with Gasteiger partial charge in [-0.15, -0.1) is 0 Å². The number of carbonyl (C=O) groups is 3. The molecule has 0 saturated carbocycles. The summed E-state index contributed by atoms with van der Waals surface area (Å²) in [7, 11) is 0. The Bertz CT molecular complexity index is 428. The van der Waals surface area contributed by atoms with Gasteiger partial charge in [-0.1, -0.05) is 0 Å². The molecule has 0 aromatic carbocycles. The van der Waals surface area contributed by atoms with Crippen LogP contribution in [-0.4, -0.2) is 76.7 Å². The van der Waals surface area contributed by atoms with Gasteiger partial charge in [-0.3, -0.25) is 14.4 Å². The Labute approximate surface area is 129 Å². The number of hydrogen-bond donors (Lipinski definition) is 5. The number of aliphatic hydroxyl groups excluding tert-OH is 3. The number of carbonyl (C=O) groups excluding carboxylic acids is 3. The summed E-state index contributed by atoms with van der Waals surface area (Å²) in [5.74, 6) is -2.14. The molecule has 0 aliphatic heterocycles. The lowest BCUT2D eigenvalue weighted by atomic mass is 10.0. The lowest BCUT2D eigenvalue weighted by Crippen LogP contribution is -2.49. The highest BCUT2D eigenvalue weighted by Crippen LogP contribution is 2.09. The Morgan fingerprint density at radius 2 is 1.68 bits per heavy atom. The van der Waals surface area contributed by atoms with Crippen LogP contribution < -0.4 is 11.5 Å². The van der Waals surface area contributed by atoms with Crippen LogP contribution in [0.4, 0.5) is 0 Å². The number of aliphatic hydroxyl groups is 3. The first-order chi connectivity index (χ1) is 11.2. The van der Waals surface area contributed by atoms with Gasteiger partial charge in [0.25, 0.3) is 0 Å². The molecule has 0 saturated heterocycles. The van der Waals surface area contributed by atoms with Crippen molar-refractivity contribution in [3.63, 3.8) is 0 Å². The largest absolute Gasteiger partial charge is 0.462 e. The van der Waals surface area contributed by atoms with Crippen LogP contribution in [0, 0.1) is 0 Å². The van der Waals surface area contributed by atoms with Gasteiger partial charge in [0.15, 0.2) is 12.4 Å². The quantitative estimate of drug-likeness (QED) is 0.210. The first kappa shape index (κ1) is 16.8. The second-order valence-electron chi connectivity index (χ2n) is 4.43. The molecule has 0 aromatic rings. The third-order valence-corrected chi connectivity index (χ3v) is 2.47. The van der Waals surface area contributed by atoms with Crippen LogP contribution in [0.3, 0.4) is 0 Å². The van der Waals surface area contributed by atoms with Crippen LogP contribution in [0.5, 0.6) is 0 Å². The molecule has 0 aliphatic carbocycles. The molecule has 0 heterocycles. The predicted molar refractivity (Wildman–Crippen MR) is 72.2 cm³/mol. The Morgan fingerprint density at radius 3 is 2.18 bits per heavy atom. The van der Waals surface area contributed by atoms with Crippen LogP contribution in [0.25, 0.3) is 0 Å². The van der Waals surface area contributed by atoms with Crippen LogP contribution in [0.15, 0.2) is 0 Å². The van der Waals surface area contributed by atoms with E-state index in [1.165, 1.54) is 0 Å². The fraction of sp³-hybridized carbons (Fsp3) is 0.750. The zero-order valence-electron chi connectivity index (χ0n) is 13.7. The van der Waals surface area contributed by atoms with E-state index in [4.69, 9.17) is 14.2 Å². The first-order valence-electron chi connectivity index (χ1n) is 7.57. The number of ether oxygens (including phenoxy) is 2. The maximum absolute atomic E-state index is 11.4. The molecular weight excluding hydrogens is 300 g/mol. The van der Waals surface area contributed by atoms with Gasteiger partial charge >= 0.3 is 11.9 Å². The van der Waals surface area contributed by atoms with Crippen LogP contribution in [-0.2, 0) is 23.9 Å². The summed E-state index contributed by atoms with van der Waals surface area (Å²) in [5.41, 5.74) is 10.4. The molecule has 0 rings (SSSR count). The monoisotopic (exact) mass is 324 g/mol. The van der Waals surface area contributed by atoms with Gasteiger partial charge in [0.2, 0.25) is 0 Å². The molecule has 0 aromatic heterocycles. The highest BCUT2D eigenvalue weighted by atomic mass is 16.6. The number of hydrogen-bond acceptors (Lipinski definition) is 10. The maximum atomic E-state index is 11.4. The molecule has 128 valence electrons. The summed E-state index contributed by atoms with van der Waals surface area (Å²) in [6.45, 7) is -1.73. The fourth-order valence-corrected chi connectivity index (χ4v) is 1.19. The molecule has 0 radical (unpaired) electrons. The average Bonchev–Trinajstić information content (AvgIpc) is 2.60. The number of esters is 2. The van der Waals surface area contributed by atoms with Gasteiger partial charge in [0.05, 0.1) is 0 Å². The minimum atomic E-state index is -2.03. The summed E-state index contributed by atoms with van der Waals surface area (Å²) in [6.07, 6.45) is -7.67. The van der Waals surface area contributed by atoms with Crippen molar-refractivity contribution < 1.29 is 41.9 Å². The number of rotatable bonds is 9. The summed E-state index contributed by atoms with van der Waals surface area (Å²) < 4.78 is 22.9. The average molecular weight is 324 g/mol. The maximum Gasteiger partial charge on any atom is 0.323 e. The van der Waals surface area contributed by atoms with E-state index in [1.54, 1.807) is 0 Å². The van der Waals surface area contributed by atoms with Crippen molar-refractivity contribution in [3.8, 4) is 0 Å². The van der Waals surface area contributed by atoms with Crippen molar-refractivity contribution in [3.05, 3.63) is 0 Å². The molecule has 0 bridgehead atoms. The van der Waals surface area contributed by atoms with Crippen LogP contribution >= 0.6 is 0 Å². The molecule has 0 spiro atoms. The topological polar surface area (TPSA) is 182 Å². The Morgan fingerprint density at radius 1 is 1.14 bits per heavy atom. The Balaban J connectivity index is 4.63. The number of aldehydes is 1. The second-order valence-corrected chi connectivity index (χ2v) is 4.43. The summed E-state index contributed by atoms with van der Waals surface area (Å²) >= 11 is 0. The van der Waals surface area contributed by atoms with E-state index in [0.717, 1.165) is 0 Å². The summed E-state index contributed by atoms with van der Waals surface area (Å²) in [5, 5.41) is 29.1. The first-order valence-corrected chi connectivity index (χ1v) is 6.15. The second kappa shape index (κ2) is 9.43. The summed E-state index contributed by atoms with van der Waals surface area (Å²) in [4.78, 5) is 33.5. The molecular formula is C12H22N2O8. The smallest absolute Gasteiger partial charge is 0.323 e. The van der Waals surface area contributed by atoms with Crippen molar-refractivity contribution in [2.24, 2.45) is 11.5 Å². The van der Waals surface area contributed by atoms with Crippen LogP contribution in [0.2, 0.25) is 0 Å².